The van der Waals surface area contributed by atoms with E-state index in [9.17, 15) is 4.79 Å². The maximum Gasteiger partial charge on any atom is 0.271 e. The van der Waals surface area contributed by atoms with E-state index in [1.807, 2.05) is 24.3 Å². The topological polar surface area (TPSA) is 68.0 Å². The highest BCUT2D eigenvalue weighted by molar-refractivity contribution is 9.10. The van der Waals surface area contributed by atoms with Crippen LogP contribution in [0.4, 0.5) is 0 Å². The van der Waals surface area contributed by atoms with Gasteiger partial charge in [0.15, 0.2) is 0 Å². The number of aromatic nitrogens is 1. The molecule has 2 rings (SSSR count). The largest absolute Gasteiger partial charge is 0.347 e. The van der Waals surface area contributed by atoms with Crippen LogP contribution in [-0.2, 0) is 13.1 Å². The second-order valence-corrected chi connectivity index (χ2v) is 5.50. The number of nitrogens with zero attached hydrogens (tertiary/aromatic N) is 1. The van der Waals surface area contributed by atoms with E-state index in [1.54, 1.807) is 5.38 Å². The molecule has 0 radical (unpaired) electrons. The Morgan fingerprint density at radius 2 is 2.11 bits per heavy atom. The monoisotopic (exact) mass is 325 g/mol. The SMILES string of the molecule is NCc1nc(C(=O)NCc2ccc(Br)cc2)cs1. The molecule has 0 bridgehead atoms. The van der Waals surface area contributed by atoms with Crippen LogP contribution in [0.1, 0.15) is 21.1 Å². The zero-order valence-corrected chi connectivity index (χ0v) is 11.9. The summed E-state index contributed by atoms with van der Waals surface area (Å²) in [6.07, 6.45) is 0. The molecule has 0 atom stereocenters. The van der Waals surface area contributed by atoms with Gasteiger partial charge in [-0.3, -0.25) is 4.79 Å². The quantitative estimate of drug-likeness (QED) is 0.906. The first-order chi connectivity index (χ1) is 8.69. The van der Waals surface area contributed by atoms with Gasteiger partial charge in [-0.15, -0.1) is 11.3 Å². The summed E-state index contributed by atoms with van der Waals surface area (Å²) in [6, 6.07) is 7.79. The van der Waals surface area contributed by atoms with Crippen molar-refractivity contribution >= 4 is 33.2 Å². The third kappa shape index (κ3) is 3.38. The van der Waals surface area contributed by atoms with Crippen molar-refractivity contribution < 1.29 is 4.79 Å². The Morgan fingerprint density at radius 3 is 2.72 bits per heavy atom. The van der Waals surface area contributed by atoms with Crippen molar-refractivity contribution in [2.75, 3.05) is 0 Å². The van der Waals surface area contributed by atoms with Gasteiger partial charge >= 0.3 is 0 Å². The highest BCUT2D eigenvalue weighted by atomic mass is 79.9. The Hall–Kier alpha value is -1.24. The van der Waals surface area contributed by atoms with Crippen molar-refractivity contribution in [2.45, 2.75) is 13.1 Å². The molecule has 0 fully saturated rings. The summed E-state index contributed by atoms with van der Waals surface area (Å²) in [4.78, 5) is 15.9. The van der Waals surface area contributed by atoms with Crippen LogP contribution in [0.5, 0.6) is 0 Å². The van der Waals surface area contributed by atoms with E-state index in [0.717, 1.165) is 15.0 Å². The number of carbonyl (C=O) groups is 1. The summed E-state index contributed by atoms with van der Waals surface area (Å²) in [7, 11) is 0. The average molecular weight is 326 g/mol. The van der Waals surface area contributed by atoms with Crippen molar-refractivity contribution in [1.29, 1.82) is 0 Å². The average Bonchev–Trinajstić information content (AvgIpc) is 2.86. The molecule has 1 aromatic heterocycles. The van der Waals surface area contributed by atoms with Crippen LogP contribution in [-0.4, -0.2) is 10.9 Å². The number of hydrogen-bond acceptors (Lipinski definition) is 4. The van der Waals surface area contributed by atoms with Crippen molar-refractivity contribution in [3.8, 4) is 0 Å². The van der Waals surface area contributed by atoms with Gasteiger partial charge in [0.1, 0.15) is 10.7 Å². The van der Waals surface area contributed by atoms with Crippen LogP contribution in [0.25, 0.3) is 0 Å². The number of hydrogen-bond donors (Lipinski definition) is 2. The molecule has 6 heteroatoms. The smallest absolute Gasteiger partial charge is 0.271 e. The lowest BCUT2D eigenvalue weighted by atomic mass is 10.2. The van der Waals surface area contributed by atoms with Gasteiger partial charge in [0.25, 0.3) is 5.91 Å². The van der Waals surface area contributed by atoms with Crippen LogP contribution >= 0.6 is 27.3 Å². The molecule has 0 spiro atoms. The molecule has 0 aliphatic rings. The van der Waals surface area contributed by atoms with E-state index in [1.165, 1.54) is 11.3 Å². The molecule has 0 aliphatic carbocycles. The van der Waals surface area contributed by atoms with Gasteiger partial charge in [0, 0.05) is 22.9 Å². The lowest BCUT2D eigenvalue weighted by molar-refractivity contribution is 0.0946. The Morgan fingerprint density at radius 1 is 1.39 bits per heavy atom. The number of rotatable bonds is 4. The molecule has 1 aromatic carbocycles. The normalized spacial score (nSPS) is 10.3. The molecule has 1 heterocycles. The van der Waals surface area contributed by atoms with Crippen LogP contribution in [0, 0.1) is 0 Å². The highest BCUT2D eigenvalue weighted by Crippen LogP contribution is 2.11. The second kappa shape index (κ2) is 6.08. The maximum absolute atomic E-state index is 11.8. The number of thiazole rings is 1. The third-order valence-corrected chi connectivity index (χ3v) is 3.73. The molecular formula is C12H12BrN3OS. The molecule has 1 amide bonds. The Labute approximate surface area is 117 Å². The summed E-state index contributed by atoms with van der Waals surface area (Å²) in [5.74, 6) is -0.172. The molecule has 4 nitrogen and oxygen atoms in total. The molecule has 0 unspecified atom stereocenters. The minimum atomic E-state index is -0.172. The summed E-state index contributed by atoms with van der Waals surface area (Å²) >= 11 is 4.76. The Kier molecular flexibility index (Phi) is 4.46. The minimum Gasteiger partial charge on any atom is -0.347 e. The van der Waals surface area contributed by atoms with Crippen LogP contribution in [0.3, 0.4) is 0 Å². The first-order valence-corrected chi connectivity index (χ1v) is 7.03. The number of nitrogens with two attached hydrogens (primary N) is 1. The van der Waals surface area contributed by atoms with Crippen LogP contribution < -0.4 is 11.1 Å². The van der Waals surface area contributed by atoms with Crippen molar-refractivity contribution in [3.05, 3.63) is 50.4 Å². The number of benzene rings is 1. The zero-order valence-electron chi connectivity index (χ0n) is 9.52. The summed E-state index contributed by atoms with van der Waals surface area (Å²) in [6.45, 7) is 0.853. The summed E-state index contributed by atoms with van der Waals surface area (Å²) < 4.78 is 1.02. The Balaban J connectivity index is 1.93. The van der Waals surface area contributed by atoms with Crippen molar-refractivity contribution in [1.82, 2.24) is 10.3 Å². The van der Waals surface area contributed by atoms with E-state index < -0.39 is 0 Å². The van der Waals surface area contributed by atoms with E-state index in [0.29, 0.717) is 18.8 Å². The van der Waals surface area contributed by atoms with Gasteiger partial charge < -0.3 is 11.1 Å². The Bertz CT molecular complexity index is 539. The first kappa shape index (κ1) is 13.2. The molecule has 18 heavy (non-hydrogen) atoms. The predicted octanol–water partition coefficient (Wildman–Crippen LogP) is 2.29. The fourth-order valence-electron chi connectivity index (χ4n) is 1.38. The molecule has 0 saturated carbocycles. The third-order valence-electron chi connectivity index (χ3n) is 2.33. The highest BCUT2D eigenvalue weighted by Gasteiger charge is 2.09. The number of nitrogens with one attached hydrogen (secondary N) is 1. The maximum atomic E-state index is 11.8. The first-order valence-electron chi connectivity index (χ1n) is 5.36. The fraction of sp³-hybridized carbons (Fsp3) is 0.167. The molecular weight excluding hydrogens is 314 g/mol. The van der Waals surface area contributed by atoms with Gasteiger partial charge in [0.05, 0.1) is 0 Å². The predicted molar refractivity (Wildman–Crippen MR) is 75.3 cm³/mol. The zero-order chi connectivity index (χ0) is 13.0. The lowest BCUT2D eigenvalue weighted by Crippen LogP contribution is -2.23. The summed E-state index contributed by atoms with van der Waals surface area (Å²) in [5.41, 5.74) is 6.92. The molecule has 3 N–H and O–H groups in total. The van der Waals surface area contributed by atoms with Gasteiger partial charge in [-0.05, 0) is 17.7 Å². The standard InChI is InChI=1S/C12H12BrN3OS/c13-9-3-1-8(2-4-9)6-15-12(17)10-7-18-11(5-14)16-10/h1-4,7H,5-6,14H2,(H,15,17). The second-order valence-electron chi connectivity index (χ2n) is 3.64. The molecule has 0 saturated heterocycles. The molecule has 2 aromatic rings. The van der Waals surface area contributed by atoms with Crippen molar-refractivity contribution in [3.63, 3.8) is 0 Å². The number of carbonyl (C=O) groups excluding carboxylic acids is 1. The van der Waals surface area contributed by atoms with Crippen LogP contribution in [0.15, 0.2) is 34.1 Å². The van der Waals surface area contributed by atoms with Crippen LogP contribution in [0.2, 0.25) is 0 Å². The number of halogens is 1. The molecule has 94 valence electrons. The van der Waals surface area contributed by atoms with E-state index >= 15 is 0 Å². The fourth-order valence-corrected chi connectivity index (χ4v) is 2.30. The molecule has 0 aliphatic heterocycles. The van der Waals surface area contributed by atoms with Gasteiger partial charge in [-0.25, -0.2) is 4.98 Å². The summed E-state index contributed by atoms with van der Waals surface area (Å²) in [5, 5.41) is 5.31. The van der Waals surface area contributed by atoms with Gasteiger partial charge in [-0.1, -0.05) is 28.1 Å². The van der Waals surface area contributed by atoms with Gasteiger partial charge in [0.2, 0.25) is 0 Å². The van der Waals surface area contributed by atoms with Gasteiger partial charge in [-0.2, -0.15) is 0 Å². The van der Waals surface area contributed by atoms with E-state index in [-0.39, 0.29) is 5.91 Å². The van der Waals surface area contributed by atoms with E-state index in [4.69, 9.17) is 5.73 Å². The van der Waals surface area contributed by atoms with Crippen molar-refractivity contribution in [2.24, 2.45) is 5.73 Å². The van der Waals surface area contributed by atoms with E-state index in [2.05, 4.69) is 26.2 Å². The number of amides is 1. The minimum absolute atomic E-state index is 0.172. The lowest BCUT2D eigenvalue weighted by Gasteiger charge is -2.03.